The zero-order valence-corrected chi connectivity index (χ0v) is 16.8. The molecule has 0 radical (unpaired) electrons. The van der Waals surface area contributed by atoms with E-state index in [1.54, 1.807) is 48.5 Å². The zero-order valence-electron chi connectivity index (χ0n) is 16.0. The molecule has 4 N–H and O–H groups in total. The fourth-order valence-corrected chi connectivity index (χ4v) is 2.60. The lowest BCUT2D eigenvalue weighted by Gasteiger charge is -2.11. The highest BCUT2D eigenvalue weighted by Gasteiger charge is 2.17. The Morgan fingerprint density at radius 2 is 1.52 bits per heavy atom. The molecule has 3 aromatic rings. The minimum atomic E-state index is -1.01. The molecule has 0 aromatic heterocycles. The number of carbonyl (C=O) groups is 3. The summed E-state index contributed by atoms with van der Waals surface area (Å²) in [6.45, 7) is 0. The molecule has 0 aliphatic heterocycles. The first-order valence-corrected chi connectivity index (χ1v) is 9.39. The van der Waals surface area contributed by atoms with Crippen LogP contribution in [0.25, 0.3) is 0 Å². The number of halogens is 1. The van der Waals surface area contributed by atoms with E-state index >= 15 is 0 Å². The number of hydrazone groups is 1. The fraction of sp³-hybridized carbons (Fsp3) is 0. The van der Waals surface area contributed by atoms with Crippen molar-refractivity contribution in [1.82, 2.24) is 5.43 Å². The number of nitrogens with zero attached hydrogens (tertiary/aromatic N) is 1. The number of nitrogens with one attached hydrogen (secondary N) is 3. The minimum absolute atomic E-state index is 0.0966. The first-order valence-electron chi connectivity index (χ1n) is 9.02. The van der Waals surface area contributed by atoms with Crippen LogP contribution >= 0.6 is 11.6 Å². The molecule has 0 saturated carbocycles. The van der Waals surface area contributed by atoms with Crippen molar-refractivity contribution in [3.05, 3.63) is 88.9 Å². The Hall–Kier alpha value is -4.17. The third-order valence-electron chi connectivity index (χ3n) is 4.00. The third-order valence-corrected chi connectivity index (χ3v) is 4.25. The van der Waals surface area contributed by atoms with E-state index in [1.807, 2.05) is 0 Å². The van der Waals surface area contributed by atoms with Crippen molar-refractivity contribution in [1.29, 1.82) is 0 Å². The minimum Gasteiger partial charge on any atom is -0.508 e. The summed E-state index contributed by atoms with van der Waals surface area (Å²) in [4.78, 5) is 36.8. The molecule has 0 aliphatic rings. The number of amides is 3. The first-order chi connectivity index (χ1) is 14.9. The van der Waals surface area contributed by atoms with Gasteiger partial charge in [-0.2, -0.15) is 5.10 Å². The van der Waals surface area contributed by atoms with Gasteiger partial charge in [0.15, 0.2) is 0 Å². The van der Waals surface area contributed by atoms with Gasteiger partial charge in [-0.1, -0.05) is 23.7 Å². The van der Waals surface area contributed by atoms with Gasteiger partial charge in [-0.25, -0.2) is 5.43 Å². The molecule has 156 valence electrons. The quantitative estimate of drug-likeness (QED) is 0.278. The number of anilines is 2. The third kappa shape index (κ3) is 6.15. The summed E-state index contributed by atoms with van der Waals surface area (Å²) >= 11 is 5.84. The molecule has 0 saturated heterocycles. The SMILES string of the molecule is O=C(N/N=C\c1ccc(O)cc1)C(=O)Nc1ccccc1C(=O)Nc1ccc(Cl)cc1. The Kier molecular flexibility index (Phi) is 6.97. The van der Waals surface area contributed by atoms with Crippen molar-refractivity contribution < 1.29 is 19.5 Å². The lowest BCUT2D eigenvalue weighted by atomic mass is 10.1. The molecule has 31 heavy (non-hydrogen) atoms. The number of phenols is 1. The van der Waals surface area contributed by atoms with E-state index in [0.717, 1.165) is 0 Å². The lowest BCUT2D eigenvalue weighted by molar-refractivity contribution is -0.136. The van der Waals surface area contributed by atoms with Gasteiger partial charge in [-0.3, -0.25) is 14.4 Å². The molecule has 8 nitrogen and oxygen atoms in total. The van der Waals surface area contributed by atoms with Crippen molar-refractivity contribution in [3.8, 4) is 5.75 Å². The number of hydrogen-bond acceptors (Lipinski definition) is 5. The Labute approximate surface area is 182 Å². The van der Waals surface area contributed by atoms with Gasteiger partial charge in [-0.05, 0) is 66.2 Å². The average molecular weight is 437 g/mol. The number of carbonyl (C=O) groups excluding carboxylic acids is 3. The maximum Gasteiger partial charge on any atom is 0.329 e. The summed E-state index contributed by atoms with van der Waals surface area (Å²) in [5.74, 6) is -2.37. The highest BCUT2D eigenvalue weighted by molar-refractivity contribution is 6.40. The molecule has 0 spiro atoms. The summed E-state index contributed by atoms with van der Waals surface area (Å²) in [5.41, 5.74) is 3.58. The predicted octanol–water partition coefficient (Wildman–Crippen LogP) is 3.39. The van der Waals surface area contributed by atoms with E-state index in [4.69, 9.17) is 11.6 Å². The van der Waals surface area contributed by atoms with Crippen LogP contribution in [0.4, 0.5) is 11.4 Å². The average Bonchev–Trinajstić information content (AvgIpc) is 2.77. The van der Waals surface area contributed by atoms with Crippen LogP contribution < -0.4 is 16.1 Å². The number of phenolic OH excluding ortho intramolecular Hbond substituents is 1. The Balaban J connectivity index is 1.63. The summed E-state index contributed by atoms with van der Waals surface area (Å²) in [7, 11) is 0. The maximum absolute atomic E-state index is 12.6. The topological polar surface area (TPSA) is 120 Å². The van der Waals surface area contributed by atoms with Crippen LogP contribution in [0.1, 0.15) is 15.9 Å². The Morgan fingerprint density at radius 3 is 2.23 bits per heavy atom. The maximum atomic E-state index is 12.6. The van der Waals surface area contributed by atoms with Gasteiger partial charge >= 0.3 is 11.8 Å². The van der Waals surface area contributed by atoms with Crippen molar-refractivity contribution in [2.45, 2.75) is 0 Å². The number of hydrogen-bond donors (Lipinski definition) is 4. The normalized spacial score (nSPS) is 10.5. The van der Waals surface area contributed by atoms with Gasteiger partial charge in [0.05, 0.1) is 17.5 Å². The van der Waals surface area contributed by atoms with Crippen molar-refractivity contribution in [2.24, 2.45) is 5.10 Å². The highest BCUT2D eigenvalue weighted by atomic mass is 35.5. The second kappa shape index (κ2) is 10.0. The Morgan fingerprint density at radius 1 is 0.839 bits per heavy atom. The number of benzene rings is 3. The predicted molar refractivity (Wildman–Crippen MR) is 118 cm³/mol. The summed E-state index contributed by atoms with van der Waals surface area (Å²) in [5, 5.41) is 18.6. The molecule has 9 heteroatoms. The van der Waals surface area contributed by atoms with Crippen LogP contribution in [0, 0.1) is 0 Å². The van der Waals surface area contributed by atoms with Gasteiger partial charge in [0.25, 0.3) is 5.91 Å². The molecule has 0 heterocycles. The number of rotatable bonds is 5. The van der Waals surface area contributed by atoms with E-state index in [0.29, 0.717) is 16.3 Å². The summed E-state index contributed by atoms with van der Waals surface area (Å²) in [6.07, 6.45) is 1.32. The molecular formula is C22H17ClN4O4. The molecular weight excluding hydrogens is 420 g/mol. The van der Waals surface area contributed by atoms with E-state index in [1.165, 1.54) is 30.5 Å². The van der Waals surface area contributed by atoms with Crippen LogP contribution in [0.5, 0.6) is 5.75 Å². The second-order valence-corrected chi connectivity index (χ2v) is 6.69. The molecule has 0 unspecified atom stereocenters. The van der Waals surface area contributed by atoms with Gasteiger partial charge < -0.3 is 15.7 Å². The molecule has 3 amide bonds. The first kappa shape index (κ1) is 21.5. The highest BCUT2D eigenvalue weighted by Crippen LogP contribution is 2.19. The number of para-hydroxylation sites is 1. The molecule has 3 rings (SSSR count). The van der Waals surface area contributed by atoms with E-state index in [2.05, 4.69) is 21.2 Å². The van der Waals surface area contributed by atoms with Crippen LogP contribution in [0.2, 0.25) is 5.02 Å². The van der Waals surface area contributed by atoms with Crippen LogP contribution in [-0.4, -0.2) is 29.0 Å². The molecule has 0 fully saturated rings. The molecule has 3 aromatic carbocycles. The smallest absolute Gasteiger partial charge is 0.329 e. The zero-order chi connectivity index (χ0) is 22.2. The van der Waals surface area contributed by atoms with Gasteiger partial charge in [0, 0.05) is 10.7 Å². The van der Waals surface area contributed by atoms with Crippen LogP contribution in [0.15, 0.2) is 77.9 Å². The van der Waals surface area contributed by atoms with Crippen LogP contribution in [-0.2, 0) is 9.59 Å². The van der Waals surface area contributed by atoms with Crippen molar-refractivity contribution in [2.75, 3.05) is 10.6 Å². The second-order valence-electron chi connectivity index (χ2n) is 6.25. The molecule has 0 atom stereocenters. The fourth-order valence-electron chi connectivity index (χ4n) is 2.48. The summed E-state index contributed by atoms with van der Waals surface area (Å²) in [6, 6.07) is 18.9. The molecule has 0 bridgehead atoms. The van der Waals surface area contributed by atoms with Crippen molar-refractivity contribution in [3.63, 3.8) is 0 Å². The lowest BCUT2D eigenvalue weighted by Crippen LogP contribution is -2.33. The van der Waals surface area contributed by atoms with Gasteiger partial charge in [0.1, 0.15) is 5.75 Å². The van der Waals surface area contributed by atoms with Gasteiger partial charge in [0.2, 0.25) is 0 Å². The number of aromatic hydroxyl groups is 1. The monoisotopic (exact) mass is 436 g/mol. The summed E-state index contributed by atoms with van der Waals surface area (Å²) < 4.78 is 0. The standard InChI is InChI=1S/C22H17ClN4O4/c23-15-7-9-16(10-8-15)25-20(29)18-3-1-2-4-19(18)26-21(30)22(31)27-24-13-14-5-11-17(28)12-6-14/h1-13,28H,(H,25,29)(H,26,30)(H,27,31)/b24-13-. The van der Waals surface area contributed by atoms with E-state index in [-0.39, 0.29) is 17.0 Å². The van der Waals surface area contributed by atoms with E-state index < -0.39 is 17.7 Å². The Bertz CT molecular complexity index is 1130. The van der Waals surface area contributed by atoms with E-state index in [9.17, 15) is 19.5 Å². The van der Waals surface area contributed by atoms with Gasteiger partial charge in [-0.15, -0.1) is 0 Å². The van der Waals surface area contributed by atoms with Crippen LogP contribution in [0.3, 0.4) is 0 Å². The largest absolute Gasteiger partial charge is 0.508 e. The molecule has 0 aliphatic carbocycles. The van der Waals surface area contributed by atoms with Crippen molar-refractivity contribution >= 4 is 46.9 Å².